The molecule has 2 N–H and O–H groups in total. The van der Waals surface area contributed by atoms with Crippen molar-refractivity contribution in [2.24, 2.45) is 0 Å². The van der Waals surface area contributed by atoms with E-state index in [4.69, 9.17) is 5.11 Å². The lowest BCUT2D eigenvalue weighted by atomic mass is 10.1. The van der Waals surface area contributed by atoms with Gasteiger partial charge in [-0.05, 0) is 32.4 Å². The van der Waals surface area contributed by atoms with Crippen LogP contribution in [0.1, 0.15) is 26.2 Å². The molecule has 0 bridgehead atoms. The summed E-state index contributed by atoms with van der Waals surface area (Å²) in [6.45, 7) is 3.67. The second kappa shape index (κ2) is 8.84. The molecule has 0 saturated carbocycles. The minimum Gasteiger partial charge on any atom is -0.480 e. The Morgan fingerprint density at radius 1 is 1.38 bits per heavy atom. The van der Waals surface area contributed by atoms with Crippen LogP contribution >= 0.6 is 0 Å². The fourth-order valence-electron chi connectivity index (χ4n) is 1.34. The van der Waals surface area contributed by atoms with Crippen LogP contribution in [-0.4, -0.2) is 47.9 Å². The van der Waals surface area contributed by atoms with Gasteiger partial charge in [-0.25, -0.2) is 4.79 Å². The Balaban J connectivity index is 3.99. The zero-order chi connectivity index (χ0) is 12.4. The van der Waals surface area contributed by atoms with Gasteiger partial charge < -0.3 is 10.4 Å². The molecule has 0 fully saturated rings. The molecule has 0 aliphatic heterocycles. The molecular weight excluding hydrogens is 212 g/mol. The second-order valence-corrected chi connectivity index (χ2v) is 3.36. The van der Waals surface area contributed by atoms with Gasteiger partial charge in [0.05, 0.1) is 0 Å². The Bertz CT molecular complexity index is 225. The van der Waals surface area contributed by atoms with E-state index in [2.05, 4.69) is 5.32 Å². The normalized spacial score (nSPS) is 11.8. The number of rotatable bonds is 10. The van der Waals surface area contributed by atoms with E-state index < -0.39 is 12.0 Å². The Kier molecular flexibility index (Phi) is 8.05. The highest BCUT2D eigenvalue weighted by Gasteiger charge is 2.23. The highest BCUT2D eigenvalue weighted by molar-refractivity contribution is 5.82. The summed E-state index contributed by atoms with van der Waals surface area (Å²) in [4.78, 5) is 32.3. The third-order valence-electron chi connectivity index (χ3n) is 2.22. The van der Waals surface area contributed by atoms with Crippen molar-refractivity contribution in [3.63, 3.8) is 0 Å². The first-order valence-corrected chi connectivity index (χ1v) is 5.28. The summed E-state index contributed by atoms with van der Waals surface area (Å²) in [7, 11) is 0. The average Bonchev–Trinajstić information content (AvgIpc) is 2.27. The first-order chi connectivity index (χ1) is 7.67. The zero-order valence-corrected chi connectivity index (χ0v) is 9.39. The summed E-state index contributed by atoms with van der Waals surface area (Å²) in [5.41, 5.74) is 0. The van der Waals surface area contributed by atoms with Crippen molar-refractivity contribution in [3.05, 3.63) is 0 Å². The highest BCUT2D eigenvalue weighted by Crippen LogP contribution is 2.06. The van der Waals surface area contributed by atoms with E-state index in [9.17, 15) is 14.4 Å². The molecule has 0 aromatic heterocycles. The minimum atomic E-state index is -1.15. The van der Waals surface area contributed by atoms with Gasteiger partial charge in [-0.1, -0.05) is 6.92 Å². The summed E-state index contributed by atoms with van der Waals surface area (Å²) in [6.07, 6.45) is 2.26. The monoisotopic (exact) mass is 230 g/mol. The van der Waals surface area contributed by atoms with Crippen LogP contribution < -0.4 is 5.32 Å². The largest absolute Gasteiger partial charge is 0.480 e. The van der Waals surface area contributed by atoms with Gasteiger partial charge in [0.1, 0.15) is 6.04 Å². The number of carboxylic acid groups (broad SMARTS) is 1. The molecule has 0 aromatic rings. The third kappa shape index (κ3) is 5.45. The van der Waals surface area contributed by atoms with Crippen molar-refractivity contribution in [1.29, 1.82) is 0 Å². The van der Waals surface area contributed by atoms with Crippen LogP contribution in [0.5, 0.6) is 0 Å². The lowest BCUT2D eigenvalue weighted by molar-refractivity contribution is -0.150. The van der Waals surface area contributed by atoms with Gasteiger partial charge in [-0.3, -0.25) is 14.5 Å². The van der Waals surface area contributed by atoms with Gasteiger partial charge in [0.2, 0.25) is 12.8 Å². The third-order valence-corrected chi connectivity index (χ3v) is 2.22. The van der Waals surface area contributed by atoms with Crippen LogP contribution in [0.25, 0.3) is 0 Å². The summed E-state index contributed by atoms with van der Waals surface area (Å²) < 4.78 is 0. The molecule has 0 aliphatic rings. The lowest BCUT2D eigenvalue weighted by Gasteiger charge is -2.18. The first-order valence-electron chi connectivity index (χ1n) is 5.28. The maximum absolute atomic E-state index is 10.8. The maximum atomic E-state index is 10.8. The number of amides is 2. The number of nitrogens with zero attached hydrogens (tertiary/aromatic N) is 1. The SMILES string of the molecule is CCNCCCC[C@@H](C(=O)O)N(C=O)C=O. The quantitative estimate of drug-likeness (QED) is 0.402. The first kappa shape index (κ1) is 14.6. The zero-order valence-electron chi connectivity index (χ0n) is 9.39. The molecule has 92 valence electrons. The van der Waals surface area contributed by atoms with Crippen molar-refractivity contribution in [2.45, 2.75) is 32.2 Å². The van der Waals surface area contributed by atoms with E-state index in [1.807, 2.05) is 6.92 Å². The summed E-state index contributed by atoms with van der Waals surface area (Å²) in [6, 6.07) is -1.04. The van der Waals surface area contributed by atoms with E-state index in [0.717, 1.165) is 19.5 Å². The van der Waals surface area contributed by atoms with Gasteiger partial charge >= 0.3 is 5.97 Å². The molecule has 0 heterocycles. The van der Waals surface area contributed by atoms with Gasteiger partial charge in [0.25, 0.3) is 0 Å². The minimum absolute atomic E-state index is 0.246. The molecule has 0 radical (unpaired) electrons. The smallest absolute Gasteiger partial charge is 0.326 e. The van der Waals surface area contributed by atoms with Crippen molar-refractivity contribution < 1.29 is 19.5 Å². The number of carbonyl (C=O) groups is 3. The van der Waals surface area contributed by atoms with E-state index in [1.165, 1.54) is 0 Å². The molecule has 0 aliphatic carbocycles. The molecule has 0 aromatic carbocycles. The molecule has 0 saturated heterocycles. The highest BCUT2D eigenvalue weighted by atomic mass is 16.4. The van der Waals surface area contributed by atoms with Crippen LogP contribution in [0, 0.1) is 0 Å². The number of imide groups is 1. The summed E-state index contributed by atoms with van der Waals surface area (Å²) in [5, 5.41) is 11.9. The van der Waals surface area contributed by atoms with Crippen molar-refractivity contribution in [3.8, 4) is 0 Å². The molecule has 6 heteroatoms. The number of hydrogen-bond acceptors (Lipinski definition) is 4. The van der Waals surface area contributed by atoms with Crippen LogP contribution in [0.2, 0.25) is 0 Å². The number of carbonyl (C=O) groups excluding carboxylic acids is 2. The number of carboxylic acids is 1. The number of nitrogens with one attached hydrogen (secondary N) is 1. The molecular formula is C10H18N2O4. The fourth-order valence-corrected chi connectivity index (χ4v) is 1.34. The number of aliphatic carboxylic acids is 1. The predicted octanol–water partition coefficient (Wildman–Crippen LogP) is -0.166. The van der Waals surface area contributed by atoms with Crippen LogP contribution in [0.4, 0.5) is 0 Å². The van der Waals surface area contributed by atoms with E-state index >= 15 is 0 Å². The topological polar surface area (TPSA) is 86.7 Å². The number of hydrogen-bond donors (Lipinski definition) is 2. The van der Waals surface area contributed by atoms with Crippen LogP contribution in [-0.2, 0) is 14.4 Å². The van der Waals surface area contributed by atoms with Crippen molar-refractivity contribution in [2.75, 3.05) is 13.1 Å². The molecule has 0 rings (SSSR count). The van der Waals surface area contributed by atoms with Gasteiger partial charge in [0, 0.05) is 0 Å². The summed E-state index contributed by atoms with van der Waals surface area (Å²) in [5.74, 6) is -1.15. The van der Waals surface area contributed by atoms with Crippen LogP contribution in [0.15, 0.2) is 0 Å². The van der Waals surface area contributed by atoms with Gasteiger partial charge in [-0.15, -0.1) is 0 Å². The van der Waals surface area contributed by atoms with E-state index in [-0.39, 0.29) is 19.2 Å². The van der Waals surface area contributed by atoms with Gasteiger partial charge in [0.15, 0.2) is 0 Å². The standard InChI is InChI=1S/C10H18N2O4/c1-2-11-6-4-3-5-9(10(15)16)12(7-13)8-14/h7-9,11H,2-6H2,1H3,(H,15,16)/t9-/m0/s1. The van der Waals surface area contributed by atoms with E-state index in [1.54, 1.807) is 0 Å². The summed E-state index contributed by atoms with van der Waals surface area (Å²) >= 11 is 0. The van der Waals surface area contributed by atoms with Gasteiger partial charge in [-0.2, -0.15) is 0 Å². The maximum Gasteiger partial charge on any atom is 0.326 e. The van der Waals surface area contributed by atoms with Crippen LogP contribution in [0.3, 0.4) is 0 Å². The lowest BCUT2D eigenvalue weighted by Crippen LogP contribution is -2.39. The Labute approximate surface area is 94.6 Å². The van der Waals surface area contributed by atoms with Crippen molar-refractivity contribution in [1.82, 2.24) is 10.2 Å². The predicted molar refractivity (Wildman–Crippen MR) is 57.8 cm³/mol. The molecule has 0 unspecified atom stereocenters. The Morgan fingerprint density at radius 3 is 2.44 bits per heavy atom. The molecule has 6 nitrogen and oxygen atoms in total. The fraction of sp³-hybridized carbons (Fsp3) is 0.700. The Morgan fingerprint density at radius 2 is 2.00 bits per heavy atom. The van der Waals surface area contributed by atoms with E-state index in [0.29, 0.717) is 11.3 Å². The molecule has 1 atom stereocenters. The molecule has 16 heavy (non-hydrogen) atoms. The average molecular weight is 230 g/mol. The Hall–Kier alpha value is -1.43. The number of unbranched alkanes of at least 4 members (excludes halogenated alkanes) is 1. The molecule has 0 spiro atoms. The van der Waals surface area contributed by atoms with Crippen molar-refractivity contribution >= 4 is 18.8 Å². The second-order valence-electron chi connectivity index (χ2n) is 3.36. The molecule has 2 amide bonds.